The number of Topliss-reactive ketones (excluding diaryl/α,β-unsaturated/α-hetero) is 1. The Hall–Kier alpha value is -3.55. The molecular weight excluding hydrogens is 366 g/mol. The van der Waals surface area contributed by atoms with Crippen LogP contribution in [0.1, 0.15) is 17.3 Å². The molecule has 0 unspecified atom stereocenters. The summed E-state index contributed by atoms with van der Waals surface area (Å²) in [5.41, 5.74) is 0.694. The van der Waals surface area contributed by atoms with E-state index in [0.29, 0.717) is 22.9 Å². The largest absolute Gasteiger partial charge is 0.482 e. The molecule has 1 N–H and O–H groups in total. The molecule has 8 heteroatoms. The second kappa shape index (κ2) is 7.22. The molecule has 8 nitrogen and oxygen atoms in total. The van der Waals surface area contributed by atoms with Crippen LogP contribution in [0.4, 0.5) is 5.69 Å². The molecule has 28 heavy (non-hydrogen) atoms. The van der Waals surface area contributed by atoms with E-state index < -0.39 is 30.6 Å². The highest BCUT2D eigenvalue weighted by molar-refractivity contribution is 6.01. The summed E-state index contributed by atoms with van der Waals surface area (Å²) in [7, 11) is 0. The minimum atomic E-state index is -0.973. The van der Waals surface area contributed by atoms with Crippen LogP contribution in [0.25, 0.3) is 0 Å². The maximum absolute atomic E-state index is 12.4. The fourth-order valence-electron chi connectivity index (χ4n) is 2.94. The van der Waals surface area contributed by atoms with Crippen molar-refractivity contribution in [1.82, 2.24) is 0 Å². The van der Waals surface area contributed by atoms with Crippen molar-refractivity contribution < 1.29 is 33.3 Å². The van der Waals surface area contributed by atoms with Crippen LogP contribution in [0.5, 0.6) is 17.2 Å². The van der Waals surface area contributed by atoms with E-state index in [1.165, 1.54) is 6.07 Å². The normalized spacial score (nSPS) is 19.7. The van der Waals surface area contributed by atoms with E-state index in [1.807, 2.05) is 0 Å². The van der Waals surface area contributed by atoms with Gasteiger partial charge in [0.25, 0.3) is 5.91 Å². The monoisotopic (exact) mass is 383 g/mol. The molecule has 0 spiro atoms. The SMILES string of the molecule is C[C@H]1Oc2ccccc2O[C@@H]1C(=O)OCC(=O)c1ccc2c(c1)NC(=O)CO2. The van der Waals surface area contributed by atoms with E-state index in [4.69, 9.17) is 18.9 Å². The van der Waals surface area contributed by atoms with Gasteiger partial charge in [-0.3, -0.25) is 9.59 Å². The van der Waals surface area contributed by atoms with Gasteiger partial charge in [-0.25, -0.2) is 4.79 Å². The molecule has 4 rings (SSSR count). The highest BCUT2D eigenvalue weighted by Crippen LogP contribution is 2.33. The number of hydrogen-bond donors (Lipinski definition) is 1. The highest BCUT2D eigenvalue weighted by Gasteiger charge is 2.35. The Morgan fingerprint density at radius 1 is 1.11 bits per heavy atom. The summed E-state index contributed by atoms with van der Waals surface area (Å²) in [5.74, 6) is 0.0686. The van der Waals surface area contributed by atoms with Crippen molar-refractivity contribution in [2.75, 3.05) is 18.5 Å². The van der Waals surface area contributed by atoms with Gasteiger partial charge in [-0.05, 0) is 37.3 Å². The number of carbonyl (C=O) groups excluding carboxylic acids is 3. The second-order valence-electron chi connectivity index (χ2n) is 6.39. The number of hydrogen-bond acceptors (Lipinski definition) is 7. The minimum absolute atomic E-state index is 0.0668. The van der Waals surface area contributed by atoms with Crippen molar-refractivity contribution in [3.05, 3.63) is 48.0 Å². The summed E-state index contributed by atoms with van der Waals surface area (Å²) in [6.07, 6.45) is -1.53. The maximum Gasteiger partial charge on any atom is 0.351 e. The lowest BCUT2D eigenvalue weighted by molar-refractivity contribution is -0.156. The Morgan fingerprint density at radius 2 is 1.86 bits per heavy atom. The predicted octanol–water partition coefficient (Wildman–Crippen LogP) is 1.97. The number of amides is 1. The van der Waals surface area contributed by atoms with Crippen LogP contribution in [0.2, 0.25) is 0 Å². The van der Waals surface area contributed by atoms with Gasteiger partial charge in [-0.1, -0.05) is 12.1 Å². The smallest absolute Gasteiger partial charge is 0.351 e. The first-order valence-corrected chi connectivity index (χ1v) is 8.70. The van der Waals surface area contributed by atoms with Gasteiger partial charge in [0.15, 0.2) is 30.5 Å². The zero-order chi connectivity index (χ0) is 19.7. The van der Waals surface area contributed by atoms with E-state index in [2.05, 4.69) is 5.32 Å². The van der Waals surface area contributed by atoms with Gasteiger partial charge in [0.05, 0.1) is 5.69 Å². The summed E-state index contributed by atoms with van der Waals surface area (Å²) < 4.78 is 21.7. The minimum Gasteiger partial charge on any atom is -0.482 e. The van der Waals surface area contributed by atoms with Gasteiger partial charge >= 0.3 is 5.97 Å². The molecule has 1 amide bonds. The second-order valence-corrected chi connectivity index (χ2v) is 6.39. The molecule has 0 aromatic heterocycles. The number of esters is 1. The number of benzene rings is 2. The van der Waals surface area contributed by atoms with Gasteiger partial charge in [-0.2, -0.15) is 0 Å². The van der Waals surface area contributed by atoms with E-state index in [-0.39, 0.29) is 18.1 Å². The van der Waals surface area contributed by atoms with E-state index >= 15 is 0 Å². The molecule has 2 aromatic carbocycles. The fourth-order valence-corrected chi connectivity index (χ4v) is 2.94. The number of nitrogens with one attached hydrogen (secondary N) is 1. The first kappa shape index (κ1) is 17.8. The van der Waals surface area contributed by atoms with Crippen LogP contribution in [-0.4, -0.2) is 43.1 Å². The lowest BCUT2D eigenvalue weighted by Gasteiger charge is -2.30. The topological polar surface area (TPSA) is 100 Å². The highest BCUT2D eigenvalue weighted by atomic mass is 16.6. The van der Waals surface area contributed by atoms with Crippen molar-refractivity contribution in [3.8, 4) is 17.2 Å². The summed E-state index contributed by atoms with van der Waals surface area (Å²) in [6, 6.07) is 11.6. The van der Waals surface area contributed by atoms with Gasteiger partial charge in [0.1, 0.15) is 11.9 Å². The van der Waals surface area contributed by atoms with Gasteiger partial charge in [-0.15, -0.1) is 0 Å². The number of ether oxygens (including phenoxy) is 4. The summed E-state index contributed by atoms with van der Waals surface area (Å²) >= 11 is 0. The van der Waals surface area contributed by atoms with Crippen LogP contribution in [0.3, 0.4) is 0 Å². The molecule has 0 saturated heterocycles. The number of fused-ring (bicyclic) bond motifs is 2. The van der Waals surface area contributed by atoms with Crippen LogP contribution < -0.4 is 19.5 Å². The van der Waals surface area contributed by atoms with Crippen molar-refractivity contribution in [2.45, 2.75) is 19.1 Å². The molecular formula is C20H17NO7. The summed E-state index contributed by atoms with van der Waals surface area (Å²) in [6.45, 7) is 1.17. The number of carbonyl (C=O) groups is 3. The Bertz CT molecular complexity index is 955. The Kier molecular flexibility index (Phi) is 4.60. The molecule has 144 valence electrons. The number of anilines is 1. The van der Waals surface area contributed by atoms with Gasteiger partial charge in [0, 0.05) is 5.56 Å². The van der Waals surface area contributed by atoms with Gasteiger partial charge in [0.2, 0.25) is 6.10 Å². The molecule has 2 atom stereocenters. The fraction of sp³-hybridized carbons (Fsp3) is 0.250. The predicted molar refractivity (Wildman–Crippen MR) is 96.8 cm³/mol. The molecule has 2 aromatic rings. The third-order valence-corrected chi connectivity index (χ3v) is 4.35. The summed E-state index contributed by atoms with van der Waals surface area (Å²) in [4.78, 5) is 36.1. The molecule has 2 aliphatic rings. The molecule has 0 radical (unpaired) electrons. The Balaban J connectivity index is 1.39. The lowest BCUT2D eigenvalue weighted by atomic mass is 10.1. The van der Waals surface area contributed by atoms with Crippen molar-refractivity contribution in [1.29, 1.82) is 0 Å². The maximum atomic E-state index is 12.4. The average Bonchev–Trinajstić information content (AvgIpc) is 2.70. The Labute approximate surface area is 160 Å². The van der Waals surface area contributed by atoms with Crippen LogP contribution in [-0.2, 0) is 14.3 Å². The molecule has 0 aliphatic carbocycles. The Morgan fingerprint density at radius 3 is 2.64 bits per heavy atom. The lowest BCUT2D eigenvalue weighted by Crippen LogP contribution is -2.44. The molecule has 2 aliphatic heterocycles. The third-order valence-electron chi connectivity index (χ3n) is 4.35. The van der Waals surface area contributed by atoms with E-state index in [0.717, 1.165) is 0 Å². The molecule has 0 saturated carbocycles. The van der Waals surface area contributed by atoms with Crippen LogP contribution in [0.15, 0.2) is 42.5 Å². The van der Waals surface area contributed by atoms with Gasteiger partial charge < -0.3 is 24.3 Å². The third kappa shape index (κ3) is 3.48. The van der Waals surface area contributed by atoms with Crippen molar-refractivity contribution in [3.63, 3.8) is 0 Å². The number of ketones is 1. The van der Waals surface area contributed by atoms with Crippen LogP contribution >= 0.6 is 0 Å². The first-order chi connectivity index (χ1) is 13.5. The van der Waals surface area contributed by atoms with E-state index in [9.17, 15) is 14.4 Å². The quantitative estimate of drug-likeness (QED) is 0.636. The average molecular weight is 383 g/mol. The summed E-state index contributed by atoms with van der Waals surface area (Å²) in [5, 5.41) is 2.63. The zero-order valence-corrected chi connectivity index (χ0v) is 15.0. The van der Waals surface area contributed by atoms with E-state index in [1.54, 1.807) is 43.3 Å². The number of rotatable bonds is 4. The molecule has 2 heterocycles. The first-order valence-electron chi connectivity index (χ1n) is 8.70. The molecule has 0 fully saturated rings. The standard InChI is InChI=1S/C20H17NO7/c1-11-19(28-17-5-3-2-4-16(17)27-11)20(24)26-9-14(22)12-6-7-15-13(8-12)21-18(23)10-25-15/h2-8,11,19H,9-10H2,1H3,(H,21,23)/t11-,19+/m1/s1. The van der Waals surface area contributed by atoms with Crippen molar-refractivity contribution >= 4 is 23.3 Å². The molecule has 0 bridgehead atoms. The zero-order valence-electron chi connectivity index (χ0n) is 15.0. The number of para-hydroxylation sites is 2. The van der Waals surface area contributed by atoms with Crippen LogP contribution in [0, 0.1) is 0 Å². The van der Waals surface area contributed by atoms with Crippen molar-refractivity contribution in [2.24, 2.45) is 0 Å².